The standard InChI is InChI=1S/C13H18N6/c14-10-2-1-5-18(7-10)12-6-11(9-3-4-9)17-13-15-8-16-19(12)13/h6,8-10H,1-5,7,14H2. The zero-order valence-electron chi connectivity index (χ0n) is 10.9. The van der Waals surface area contributed by atoms with Crippen molar-refractivity contribution in [2.45, 2.75) is 37.6 Å². The molecule has 2 N–H and O–H groups in total. The van der Waals surface area contributed by atoms with Gasteiger partial charge >= 0.3 is 0 Å². The van der Waals surface area contributed by atoms with Crippen LogP contribution in [0.15, 0.2) is 12.4 Å². The minimum absolute atomic E-state index is 0.255. The average Bonchev–Trinajstić information content (AvgIpc) is 3.16. The van der Waals surface area contributed by atoms with Crippen molar-refractivity contribution in [2.24, 2.45) is 5.73 Å². The van der Waals surface area contributed by atoms with E-state index in [9.17, 15) is 0 Å². The number of anilines is 1. The molecular formula is C13H18N6. The first-order valence-electron chi connectivity index (χ1n) is 7.02. The number of hydrogen-bond acceptors (Lipinski definition) is 5. The van der Waals surface area contributed by atoms with Crippen molar-refractivity contribution in [1.29, 1.82) is 0 Å². The quantitative estimate of drug-likeness (QED) is 0.867. The molecule has 2 aliphatic rings. The Morgan fingerprint density at radius 1 is 1.26 bits per heavy atom. The highest BCUT2D eigenvalue weighted by atomic mass is 15.4. The number of nitrogens with two attached hydrogens (primary N) is 1. The van der Waals surface area contributed by atoms with E-state index in [0.717, 1.165) is 37.4 Å². The number of piperidine rings is 1. The van der Waals surface area contributed by atoms with Crippen molar-refractivity contribution >= 4 is 11.6 Å². The zero-order valence-corrected chi connectivity index (χ0v) is 10.9. The second-order valence-electron chi connectivity index (χ2n) is 5.63. The van der Waals surface area contributed by atoms with Crippen LogP contribution in [0.5, 0.6) is 0 Å². The normalized spacial score (nSPS) is 24.1. The van der Waals surface area contributed by atoms with Crippen LogP contribution in [0, 0.1) is 0 Å². The highest BCUT2D eigenvalue weighted by Crippen LogP contribution is 2.40. The molecule has 4 rings (SSSR count). The van der Waals surface area contributed by atoms with Gasteiger partial charge in [0.2, 0.25) is 0 Å². The summed E-state index contributed by atoms with van der Waals surface area (Å²) in [6, 6.07) is 2.43. The molecule has 1 atom stereocenters. The maximum Gasteiger partial charge on any atom is 0.254 e. The van der Waals surface area contributed by atoms with Crippen LogP contribution in [0.4, 0.5) is 5.82 Å². The van der Waals surface area contributed by atoms with Gasteiger partial charge in [-0.15, -0.1) is 0 Å². The molecule has 0 radical (unpaired) electrons. The van der Waals surface area contributed by atoms with Crippen LogP contribution in [0.3, 0.4) is 0 Å². The smallest absolute Gasteiger partial charge is 0.254 e. The first-order valence-corrected chi connectivity index (χ1v) is 7.02. The number of nitrogens with zero attached hydrogens (tertiary/aromatic N) is 5. The van der Waals surface area contributed by atoms with Gasteiger partial charge < -0.3 is 10.6 Å². The van der Waals surface area contributed by atoms with Gasteiger partial charge in [-0.2, -0.15) is 14.6 Å². The lowest BCUT2D eigenvalue weighted by molar-refractivity contribution is 0.500. The largest absolute Gasteiger partial charge is 0.355 e. The fourth-order valence-corrected chi connectivity index (χ4v) is 2.85. The summed E-state index contributed by atoms with van der Waals surface area (Å²) >= 11 is 0. The molecule has 2 aromatic heterocycles. The Morgan fingerprint density at radius 3 is 2.95 bits per heavy atom. The third-order valence-electron chi connectivity index (χ3n) is 4.03. The van der Waals surface area contributed by atoms with Crippen molar-refractivity contribution in [3.05, 3.63) is 18.1 Å². The van der Waals surface area contributed by atoms with Gasteiger partial charge in [0.15, 0.2) is 0 Å². The Morgan fingerprint density at radius 2 is 2.16 bits per heavy atom. The molecule has 3 heterocycles. The average molecular weight is 258 g/mol. The van der Waals surface area contributed by atoms with Crippen LogP contribution < -0.4 is 10.6 Å². The van der Waals surface area contributed by atoms with Gasteiger partial charge in [-0.1, -0.05) is 0 Å². The molecule has 0 spiro atoms. The second-order valence-corrected chi connectivity index (χ2v) is 5.63. The monoisotopic (exact) mass is 258 g/mol. The molecule has 1 aliphatic heterocycles. The molecule has 19 heavy (non-hydrogen) atoms. The summed E-state index contributed by atoms with van der Waals surface area (Å²) < 4.78 is 1.84. The summed E-state index contributed by atoms with van der Waals surface area (Å²) in [5, 5.41) is 4.30. The number of aromatic nitrogens is 4. The summed E-state index contributed by atoms with van der Waals surface area (Å²) in [5.74, 6) is 2.43. The van der Waals surface area contributed by atoms with E-state index >= 15 is 0 Å². The van der Waals surface area contributed by atoms with E-state index in [-0.39, 0.29) is 6.04 Å². The minimum atomic E-state index is 0.255. The minimum Gasteiger partial charge on any atom is -0.355 e. The Kier molecular flexibility index (Phi) is 2.44. The first-order chi connectivity index (χ1) is 9.31. The van der Waals surface area contributed by atoms with E-state index in [1.807, 2.05) is 4.52 Å². The lowest BCUT2D eigenvalue weighted by Crippen LogP contribution is -2.43. The van der Waals surface area contributed by atoms with Crippen molar-refractivity contribution in [3.8, 4) is 0 Å². The predicted molar refractivity (Wildman–Crippen MR) is 72.2 cm³/mol. The van der Waals surface area contributed by atoms with E-state index in [1.54, 1.807) is 6.33 Å². The highest BCUT2D eigenvalue weighted by Gasteiger charge is 2.28. The van der Waals surface area contributed by atoms with Crippen LogP contribution >= 0.6 is 0 Å². The van der Waals surface area contributed by atoms with Crippen LogP contribution in [0.25, 0.3) is 5.78 Å². The number of fused-ring (bicyclic) bond motifs is 1. The molecule has 1 unspecified atom stereocenters. The molecule has 0 amide bonds. The first kappa shape index (κ1) is 11.2. The van der Waals surface area contributed by atoms with E-state index in [0.29, 0.717) is 11.7 Å². The summed E-state index contributed by atoms with van der Waals surface area (Å²) in [5.41, 5.74) is 7.25. The van der Waals surface area contributed by atoms with Crippen molar-refractivity contribution in [2.75, 3.05) is 18.0 Å². The molecule has 6 heteroatoms. The van der Waals surface area contributed by atoms with E-state index in [2.05, 4.69) is 26.0 Å². The molecule has 0 bridgehead atoms. The van der Waals surface area contributed by atoms with Crippen LogP contribution in [0.1, 0.15) is 37.3 Å². The zero-order chi connectivity index (χ0) is 12.8. The van der Waals surface area contributed by atoms with Crippen LogP contribution in [-0.2, 0) is 0 Å². The van der Waals surface area contributed by atoms with Crippen molar-refractivity contribution in [3.63, 3.8) is 0 Å². The van der Waals surface area contributed by atoms with Crippen molar-refractivity contribution < 1.29 is 0 Å². The van der Waals surface area contributed by atoms with E-state index in [1.165, 1.54) is 12.8 Å². The van der Waals surface area contributed by atoms with Crippen LogP contribution in [0.2, 0.25) is 0 Å². The second kappa shape index (κ2) is 4.16. The van der Waals surface area contributed by atoms with Gasteiger partial charge in [-0.05, 0) is 25.7 Å². The maximum absolute atomic E-state index is 6.09. The Bertz CT molecular complexity index is 602. The van der Waals surface area contributed by atoms with Gasteiger partial charge in [0.1, 0.15) is 12.1 Å². The summed E-state index contributed by atoms with van der Waals surface area (Å²) in [7, 11) is 0. The van der Waals surface area contributed by atoms with E-state index < -0.39 is 0 Å². The number of rotatable bonds is 2. The number of hydrogen-bond donors (Lipinski definition) is 1. The molecule has 6 nitrogen and oxygen atoms in total. The summed E-state index contributed by atoms with van der Waals surface area (Å²) in [6.45, 7) is 1.93. The molecular weight excluding hydrogens is 240 g/mol. The Hall–Kier alpha value is -1.69. The Balaban J connectivity index is 1.79. The fourth-order valence-electron chi connectivity index (χ4n) is 2.85. The third-order valence-corrected chi connectivity index (χ3v) is 4.03. The highest BCUT2D eigenvalue weighted by molar-refractivity contribution is 5.49. The molecule has 1 saturated heterocycles. The fraction of sp³-hybridized carbons (Fsp3) is 0.615. The SMILES string of the molecule is NC1CCCN(c2cc(C3CC3)nc3ncnn23)C1. The third kappa shape index (κ3) is 1.96. The van der Waals surface area contributed by atoms with Crippen molar-refractivity contribution in [1.82, 2.24) is 19.6 Å². The molecule has 1 aliphatic carbocycles. The van der Waals surface area contributed by atoms with Gasteiger partial charge in [-0.3, -0.25) is 0 Å². The molecule has 100 valence electrons. The molecule has 0 aromatic carbocycles. The topological polar surface area (TPSA) is 72.3 Å². The predicted octanol–water partition coefficient (Wildman–Crippen LogP) is 0.929. The lowest BCUT2D eigenvalue weighted by atomic mass is 10.1. The lowest BCUT2D eigenvalue weighted by Gasteiger charge is -2.32. The molecule has 1 saturated carbocycles. The van der Waals surface area contributed by atoms with E-state index in [4.69, 9.17) is 5.73 Å². The van der Waals surface area contributed by atoms with Gasteiger partial charge in [0.25, 0.3) is 5.78 Å². The summed E-state index contributed by atoms with van der Waals surface area (Å²) in [4.78, 5) is 11.2. The summed E-state index contributed by atoms with van der Waals surface area (Å²) in [6.07, 6.45) is 6.31. The molecule has 2 aromatic rings. The van der Waals surface area contributed by atoms with Gasteiger partial charge in [-0.25, -0.2) is 4.98 Å². The maximum atomic E-state index is 6.09. The van der Waals surface area contributed by atoms with Gasteiger partial charge in [0.05, 0.1) is 5.69 Å². The van der Waals surface area contributed by atoms with Crippen LogP contribution in [-0.4, -0.2) is 38.7 Å². The molecule has 2 fully saturated rings. The Labute approximate surface area is 111 Å². The van der Waals surface area contributed by atoms with Gasteiger partial charge in [0, 0.05) is 31.1 Å².